The second kappa shape index (κ2) is 10.0. The molecule has 0 aliphatic heterocycles. The van der Waals surface area contributed by atoms with Gasteiger partial charge in [0.1, 0.15) is 5.75 Å². The molecule has 0 saturated carbocycles. The van der Waals surface area contributed by atoms with Gasteiger partial charge in [-0.15, -0.1) is 0 Å². The number of benzene rings is 2. The third-order valence-electron chi connectivity index (χ3n) is 3.16. The molecule has 8 nitrogen and oxygen atoms in total. The third-order valence-corrected chi connectivity index (χ3v) is 3.47. The van der Waals surface area contributed by atoms with E-state index in [4.69, 9.17) is 31.5 Å². The van der Waals surface area contributed by atoms with Crippen LogP contribution in [0.4, 0.5) is 0 Å². The van der Waals surface area contributed by atoms with Gasteiger partial charge in [-0.25, -0.2) is 5.43 Å². The summed E-state index contributed by atoms with van der Waals surface area (Å²) in [5, 5.41) is 4.26. The lowest BCUT2D eigenvalue weighted by Gasteiger charge is -2.09. The lowest BCUT2D eigenvalue weighted by Crippen LogP contribution is -2.24. The number of para-hydroxylation sites is 1. The van der Waals surface area contributed by atoms with Gasteiger partial charge in [-0.1, -0.05) is 23.7 Å². The predicted octanol–water partition coefficient (Wildman–Crippen LogP) is 1.74. The molecule has 27 heavy (non-hydrogen) atoms. The van der Waals surface area contributed by atoms with Gasteiger partial charge in [0.25, 0.3) is 11.8 Å². The summed E-state index contributed by atoms with van der Waals surface area (Å²) >= 11 is 5.94. The number of methoxy groups -OCH3 is 1. The van der Waals surface area contributed by atoms with Crippen LogP contribution in [0.3, 0.4) is 0 Å². The predicted molar refractivity (Wildman–Crippen MR) is 100 cm³/mol. The number of amides is 2. The Morgan fingerprint density at radius 3 is 2.56 bits per heavy atom. The molecule has 0 unspecified atom stereocenters. The molecule has 0 bridgehead atoms. The van der Waals surface area contributed by atoms with Gasteiger partial charge in [-0.2, -0.15) is 5.10 Å². The monoisotopic (exact) mass is 391 g/mol. The Bertz CT molecular complexity index is 841. The van der Waals surface area contributed by atoms with Crippen molar-refractivity contribution < 1.29 is 23.8 Å². The number of carbonyl (C=O) groups excluding carboxylic acids is 2. The fourth-order valence-electron chi connectivity index (χ4n) is 1.95. The second-order valence-electron chi connectivity index (χ2n) is 5.18. The van der Waals surface area contributed by atoms with E-state index in [2.05, 4.69) is 10.5 Å². The molecule has 9 heteroatoms. The average molecular weight is 392 g/mol. The number of halogens is 1. The van der Waals surface area contributed by atoms with Crippen molar-refractivity contribution in [1.82, 2.24) is 5.43 Å². The molecule has 0 spiro atoms. The minimum atomic E-state index is -0.593. The molecule has 0 aliphatic rings. The minimum Gasteiger partial charge on any atom is -0.493 e. The first-order chi connectivity index (χ1) is 13.0. The molecule has 2 rings (SSSR count). The molecule has 0 aromatic heterocycles. The number of rotatable bonds is 9. The summed E-state index contributed by atoms with van der Waals surface area (Å²) in [6, 6.07) is 11.7. The number of nitrogens with two attached hydrogens (primary N) is 1. The highest BCUT2D eigenvalue weighted by Crippen LogP contribution is 2.27. The molecule has 0 radical (unpaired) electrons. The molecular formula is C18H18ClN3O5. The number of nitrogens with zero attached hydrogens (tertiary/aromatic N) is 1. The van der Waals surface area contributed by atoms with Crippen LogP contribution in [0.25, 0.3) is 0 Å². The van der Waals surface area contributed by atoms with Gasteiger partial charge in [0.2, 0.25) is 0 Å². The average Bonchev–Trinajstić information content (AvgIpc) is 2.66. The number of hydrazone groups is 1. The summed E-state index contributed by atoms with van der Waals surface area (Å²) in [5.41, 5.74) is 8.03. The number of carbonyl (C=O) groups is 2. The van der Waals surface area contributed by atoms with Gasteiger partial charge < -0.3 is 19.9 Å². The van der Waals surface area contributed by atoms with Crippen LogP contribution in [0.15, 0.2) is 47.6 Å². The topological polar surface area (TPSA) is 112 Å². The van der Waals surface area contributed by atoms with Crippen molar-refractivity contribution in [2.24, 2.45) is 10.8 Å². The van der Waals surface area contributed by atoms with Crippen molar-refractivity contribution in [3.63, 3.8) is 0 Å². The quantitative estimate of drug-likeness (QED) is 0.499. The maximum absolute atomic E-state index is 11.8. The molecule has 0 saturated heterocycles. The van der Waals surface area contributed by atoms with Crippen LogP contribution >= 0.6 is 11.6 Å². The molecule has 2 aromatic rings. The van der Waals surface area contributed by atoms with Crippen LogP contribution in [0.2, 0.25) is 5.02 Å². The summed E-state index contributed by atoms with van der Waals surface area (Å²) < 4.78 is 15.7. The molecule has 2 aromatic carbocycles. The fraction of sp³-hybridized carbons (Fsp3) is 0.167. The number of ether oxygens (including phenoxy) is 3. The highest BCUT2D eigenvalue weighted by Gasteiger charge is 2.07. The lowest BCUT2D eigenvalue weighted by atomic mass is 10.2. The van der Waals surface area contributed by atoms with Crippen LogP contribution in [-0.2, 0) is 9.59 Å². The van der Waals surface area contributed by atoms with Gasteiger partial charge >= 0.3 is 0 Å². The summed E-state index contributed by atoms with van der Waals surface area (Å²) in [6.07, 6.45) is 1.42. The molecular weight excluding hydrogens is 374 g/mol. The third kappa shape index (κ3) is 6.52. The van der Waals surface area contributed by atoms with Crippen LogP contribution in [0.5, 0.6) is 17.2 Å². The smallest absolute Gasteiger partial charge is 0.277 e. The maximum Gasteiger partial charge on any atom is 0.277 e. The Morgan fingerprint density at radius 2 is 1.85 bits per heavy atom. The highest BCUT2D eigenvalue weighted by atomic mass is 35.5. The van der Waals surface area contributed by atoms with Gasteiger partial charge in [0, 0.05) is 0 Å². The highest BCUT2D eigenvalue weighted by molar-refractivity contribution is 6.32. The van der Waals surface area contributed by atoms with E-state index in [1.54, 1.807) is 42.5 Å². The Hall–Kier alpha value is -3.26. The van der Waals surface area contributed by atoms with Crippen molar-refractivity contribution in [2.45, 2.75) is 0 Å². The van der Waals surface area contributed by atoms with E-state index in [0.717, 1.165) is 0 Å². The largest absolute Gasteiger partial charge is 0.493 e. The van der Waals surface area contributed by atoms with Crippen LogP contribution in [-0.4, -0.2) is 38.4 Å². The van der Waals surface area contributed by atoms with E-state index in [0.29, 0.717) is 27.8 Å². The van der Waals surface area contributed by atoms with E-state index in [-0.39, 0.29) is 13.2 Å². The first-order valence-electron chi connectivity index (χ1n) is 7.78. The molecule has 0 heterocycles. The second-order valence-corrected chi connectivity index (χ2v) is 5.58. The van der Waals surface area contributed by atoms with Crippen molar-refractivity contribution in [3.05, 3.63) is 53.1 Å². The Morgan fingerprint density at radius 1 is 1.11 bits per heavy atom. The maximum atomic E-state index is 11.8. The Balaban J connectivity index is 1.88. The number of nitrogens with one attached hydrogen (secondary N) is 1. The van der Waals surface area contributed by atoms with Crippen molar-refractivity contribution in [1.29, 1.82) is 0 Å². The zero-order chi connectivity index (χ0) is 19.6. The molecule has 0 fully saturated rings. The molecule has 0 atom stereocenters. The number of hydrogen-bond donors (Lipinski definition) is 2. The van der Waals surface area contributed by atoms with Gasteiger partial charge in [-0.3, -0.25) is 9.59 Å². The van der Waals surface area contributed by atoms with Crippen molar-refractivity contribution in [3.8, 4) is 17.2 Å². The van der Waals surface area contributed by atoms with Crippen LogP contribution in [0, 0.1) is 0 Å². The zero-order valence-corrected chi connectivity index (χ0v) is 15.2. The number of primary amides is 1. The van der Waals surface area contributed by atoms with Gasteiger partial charge in [-0.05, 0) is 35.9 Å². The molecule has 142 valence electrons. The first kappa shape index (κ1) is 20.1. The Kier molecular flexibility index (Phi) is 7.45. The van der Waals surface area contributed by atoms with Crippen LogP contribution < -0.4 is 25.4 Å². The lowest BCUT2D eigenvalue weighted by molar-refractivity contribution is -0.123. The van der Waals surface area contributed by atoms with E-state index in [1.807, 2.05) is 0 Å². The summed E-state index contributed by atoms with van der Waals surface area (Å²) in [7, 11) is 1.46. The standard InChI is InChI=1S/C18H18ClN3O5/c1-25-16-8-12(6-7-15(16)26-10-17(20)23)9-21-22-18(24)11-27-14-5-3-2-4-13(14)19/h2-9H,10-11H2,1H3,(H2,20,23)(H,22,24)/b21-9-. The van der Waals surface area contributed by atoms with E-state index in [1.165, 1.54) is 13.3 Å². The number of hydrogen-bond acceptors (Lipinski definition) is 6. The SMILES string of the molecule is COc1cc(/C=N\NC(=O)COc2ccccc2Cl)ccc1OCC(N)=O. The van der Waals surface area contributed by atoms with E-state index < -0.39 is 11.8 Å². The molecule has 3 N–H and O–H groups in total. The summed E-state index contributed by atoms with van der Waals surface area (Å²) in [5.74, 6) is 0.137. The molecule has 0 aliphatic carbocycles. The van der Waals surface area contributed by atoms with E-state index >= 15 is 0 Å². The molecule has 2 amide bonds. The van der Waals surface area contributed by atoms with Gasteiger partial charge in [0.05, 0.1) is 18.3 Å². The normalized spacial score (nSPS) is 10.4. The fourth-order valence-corrected chi connectivity index (χ4v) is 2.14. The van der Waals surface area contributed by atoms with Gasteiger partial charge in [0.15, 0.2) is 24.7 Å². The van der Waals surface area contributed by atoms with E-state index in [9.17, 15) is 9.59 Å². The summed E-state index contributed by atoms with van der Waals surface area (Å²) in [4.78, 5) is 22.5. The minimum absolute atomic E-state index is 0.232. The zero-order valence-electron chi connectivity index (χ0n) is 14.5. The first-order valence-corrected chi connectivity index (χ1v) is 8.15. The van der Waals surface area contributed by atoms with Crippen LogP contribution in [0.1, 0.15) is 5.56 Å². The van der Waals surface area contributed by atoms with Crippen molar-refractivity contribution >= 4 is 29.6 Å². The summed E-state index contributed by atoms with van der Waals surface area (Å²) in [6.45, 7) is -0.491. The van der Waals surface area contributed by atoms with Crippen molar-refractivity contribution in [2.75, 3.05) is 20.3 Å². The Labute approximate surface area is 160 Å².